The average Bonchev–Trinajstić information content (AvgIpc) is 2.44. The molecule has 0 saturated heterocycles. The molecule has 4 heteroatoms. The van der Waals surface area contributed by atoms with Gasteiger partial charge in [-0.25, -0.2) is 0 Å². The van der Waals surface area contributed by atoms with Gasteiger partial charge in [-0.15, -0.1) is 0 Å². The number of hydrogen-bond donors (Lipinski definition) is 0. The fourth-order valence-electron chi connectivity index (χ4n) is 3.43. The van der Waals surface area contributed by atoms with Crippen molar-refractivity contribution in [3.8, 4) is 0 Å². The van der Waals surface area contributed by atoms with Crippen LogP contribution in [0.25, 0.3) is 10.8 Å². The lowest BCUT2D eigenvalue weighted by Crippen LogP contribution is -2.20. The molecular weight excluding hydrogens is 296 g/mol. The van der Waals surface area contributed by atoms with Crippen LogP contribution >= 0.6 is 0 Å². The van der Waals surface area contributed by atoms with Gasteiger partial charge in [0.1, 0.15) is 0 Å². The maximum absolute atomic E-state index is 2.27. The standard InChI is InChI=1S/C20H32N4/c1-21(2)13-16-11-9-15-10-12-17(14-22(3)4)20(24(7)8)18(15)19(16)23(5)6/h9-12H,13-14H2,1-8H3. The highest BCUT2D eigenvalue weighted by molar-refractivity contribution is 6.06. The summed E-state index contributed by atoms with van der Waals surface area (Å²) < 4.78 is 0. The maximum atomic E-state index is 2.27. The fraction of sp³-hybridized carbons (Fsp3) is 0.500. The fourth-order valence-corrected chi connectivity index (χ4v) is 3.43. The molecule has 2 aromatic carbocycles. The van der Waals surface area contributed by atoms with E-state index in [4.69, 9.17) is 0 Å². The molecule has 132 valence electrons. The van der Waals surface area contributed by atoms with E-state index in [9.17, 15) is 0 Å². The summed E-state index contributed by atoms with van der Waals surface area (Å²) in [6, 6.07) is 9.05. The molecule has 0 fully saturated rings. The summed E-state index contributed by atoms with van der Waals surface area (Å²) in [5.41, 5.74) is 5.38. The molecular formula is C20H32N4. The van der Waals surface area contributed by atoms with E-state index in [-0.39, 0.29) is 0 Å². The van der Waals surface area contributed by atoms with Crippen molar-refractivity contribution in [1.29, 1.82) is 0 Å². The Morgan fingerprint density at radius 1 is 0.583 bits per heavy atom. The van der Waals surface area contributed by atoms with Crippen molar-refractivity contribution in [1.82, 2.24) is 9.80 Å². The molecule has 0 unspecified atom stereocenters. The van der Waals surface area contributed by atoms with Crippen LogP contribution in [0.15, 0.2) is 24.3 Å². The highest BCUT2D eigenvalue weighted by Gasteiger charge is 2.18. The predicted octanol–water partition coefficient (Wildman–Crippen LogP) is 3.10. The molecule has 2 rings (SSSR count). The minimum Gasteiger partial charge on any atom is -0.377 e. The normalized spacial score (nSPS) is 11.6. The van der Waals surface area contributed by atoms with E-state index in [0.29, 0.717) is 0 Å². The molecule has 4 nitrogen and oxygen atoms in total. The molecule has 0 aromatic heterocycles. The summed E-state index contributed by atoms with van der Waals surface area (Å²) in [6.07, 6.45) is 0. The van der Waals surface area contributed by atoms with Crippen LogP contribution in [0.2, 0.25) is 0 Å². The quantitative estimate of drug-likeness (QED) is 0.808. The van der Waals surface area contributed by atoms with E-state index in [1.54, 1.807) is 0 Å². The van der Waals surface area contributed by atoms with Gasteiger partial charge in [0.15, 0.2) is 0 Å². The summed E-state index contributed by atoms with van der Waals surface area (Å²) in [4.78, 5) is 8.97. The van der Waals surface area contributed by atoms with Crippen LogP contribution < -0.4 is 9.80 Å². The molecule has 2 aromatic rings. The zero-order valence-electron chi connectivity index (χ0n) is 16.5. The second-order valence-electron chi connectivity index (χ2n) is 7.51. The van der Waals surface area contributed by atoms with Gasteiger partial charge in [0.2, 0.25) is 0 Å². The van der Waals surface area contributed by atoms with Crippen molar-refractivity contribution in [2.75, 3.05) is 66.2 Å². The third kappa shape index (κ3) is 3.82. The topological polar surface area (TPSA) is 13.0 Å². The zero-order chi connectivity index (χ0) is 18.0. The lowest BCUT2D eigenvalue weighted by Gasteiger charge is -2.28. The van der Waals surface area contributed by atoms with E-state index in [0.717, 1.165) is 13.1 Å². The van der Waals surface area contributed by atoms with Crippen molar-refractivity contribution in [2.24, 2.45) is 0 Å². The summed E-state index contributed by atoms with van der Waals surface area (Å²) in [5, 5.41) is 2.65. The van der Waals surface area contributed by atoms with Gasteiger partial charge in [-0.2, -0.15) is 0 Å². The lowest BCUT2D eigenvalue weighted by molar-refractivity contribution is 0.402. The van der Waals surface area contributed by atoms with Gasteiger partial charge in [0.05, 0.1) is 11.4 Å². The minimum absolute atomic E-state index is 0.939. The lowest BCUT2D eigenvalue weighted by atomic mass is 9.97. The molecule has 0 radical (unpaired) electrons. The molecule has 0 aliphatic carbocycles. The molecule has 0 spiro atoms. The molecule has 0 aliphatic rings. The molecule has 0 aliphatic heterocycles. The number of rotatable bonds is 6. The largest absolute Gasteiger partial charge is 0.377 e. The van der Waals surface area contributed by atoms with E-state index >= 15 is 0 Å². The van der Waals surface area contributed by atoms with Gasteiger partial charge in [-0.3, -0.25) is 0 Å². The van der Waals surface area contributed by atoms with Crippen molar-refractivity contribution in [2.45, 2.75) is 13.1 Å². The van der Waals surface area contributed by atoms with Gasteiger partial charge in [-0.1, -0.05) is 24.3 Å². The van der Waals surface area contributed by atoms with Crippen LogP contribution in [0.1, 0.15) is 11.1 Å². The third-order valence-corrected chi connectivity index (χ3v) is 4.17. The Morgan fingerprint density at radius 3 is 1.25 bits per heavy atom. The van der Waals surface area contributed by atoms with Gasteiger partial charge < -0.3 is 19.6 Å². The molecule has 0 bridgehead atoms. The van der Waals surface area contributed by atoms with Gasteiger partial charge in [-0.05, 0) is 44.7 Å². The smallest absolute Gasteiger partial charge is 0.0507 e. The monoisotopic (exact) mass is 328 g/mol. The number of fused-ring (bicyclic) bond motifs is 1. The SMILES string of the molecule is CN(C)Cc1ccc2ccc(CN(C)C)c(N(C)C)c2c1N(C)C. The maximum Gasteiger partial charge on any atom is 0.0507 e. The Balaban J connectivity index is 2.83. The Bertz CT molecular complexity index is 646. The molecule has 0 amide bonds. The number of nitrogens with zero attached hydrogens (tertiary/aromatic N) is 4. The van der Waals surface area contributed by atoms with Crippen LogP contribution in [-0.2, 0) is 13.1 Å². The highest BCUT2D eigenvalue weighted by Crippen LogP contribution is 2.39. The van der Waals surface area contributed by atoms with Crippen LogP contribution in [-0.4, -0.2) is 66.2 Å². The zero-order valence-corrected chi connectivity index (χ0v) is 16.5. The summed E-state index contributed by atoms with van der Waals surface area (Å²) in [7, 11) is 17.1. The van der Waals surface area contributed by atoms with E-state index in [2.05, 4.69) is 100 Å². The highest BCUT2D eigenvalue weighted by atomic mass is 15.1. The van der Waals surface area contributed by atoms with Crippen molar-refractivity contribution >= 4 is 22.1 Å². The Labute approximate surface area is 147 Å². The number of anilines is 2. The molecule has 0 saturated carbocycles. The Kier molecular flexibility index (Phi) is 5.73. The second kappa shape index (κ2) is 7.41. The van der Waals surface area contributed by atoms with Gasteiger partial charge >= 0.3 is 0 Å². The van der Waals surface area contributed by atoms with Crippen molar-refractivity contribution in [3.63, 3.8) is 0 Å². The molecule has 0 atom stereocenters. The second-order valence-corrected chi connectivity index (χ2v) is 7.51. The average molecular weight is 329 g/mol. The number of hydrogen-bond acceptors (Lipinski definition) is 4. The van der Waals surface area contributed by atoms with Crippen LogP contribution in [0.3, 0.4) is 0 Å². The first-order chi connectivity index (χ1) is 11.2. The molecule has 0 heterocycles. The Morgan fingerprint density at radius 2 is 0.958 bits per heavy atom. The van der Waals surface area contributed by atoms with E-state index < -0.39 is 0 Å². The molecule has 24 heavy (non-hydrogen) atoms. The van der Waals surface area contributed by atoms with Gasteiger partial charge in [0.25, 0.3) is 0 Å². The summed E-state index contributed by atoms with van der Waals surface area (Å²) >= 11 is 0. The van der Waals surface area contributed by atoms with Crippen LogP contribution in [0.5, 0.6) is 0 Å². The van der Waals surface area contributed by atoms with Gasteiger partial charge in [0, 0.05) is 46.7 Å². The number of benzene rings is 2. The van der Waals surface area contributed by atoms with E-state index in [1.807, 2.05) is 0 Å². The minimum atomic E-state index is 0.939. The van der Waals surface area contributed by atoms with E-state index in [1.165, 1.54) is 33.3 Å². The van der Waals surface area contributed by atoms with Crippen molar-refractivity contribution < 1.29 is 0 Å². The first kappa shape index (κ1) is 18.6. The Hall–Kier alpha value is -1.78. The summed E-state index contributed by atoms with van der Waals surface area (Å²) in [5.74, 6) is 0. The first-order valence-electron chi connectivity index (χ1n) is 8.44. The van der Waals surface area contributed by atoms with Crippen LogP contribution in [0, 0.1) is 0 Å². The third-order valence-electron chi connectivity index (χ3n) is 4.17. The first-order valence-corrected chi connectivity index (χ1v) is 8.44. The van der Waals surface area contributed by atoms with Crippen molar-refractivity contribution in [3.05, 3.63) is 35.4 Å². The summed E-state index contributed by atoms with van der Waals surface area (Å²) in [6.45, 7) is 1.88. The molecule has 0 N–H and O–H groups in total. The predicted molar refractivity (Wildman–Crippen MR) is 107 cm³/mol. The van der Waals surface area contributed by atoms with Crippen LogP contribution in [0.4, 0.5) is 11.4 Å².